The minimum absolute atomic E-state index is 0.0605. The highest BCUT2D eigenvalue weighted by molar-refractivity contribution is 5.94. The van der Waals surface area contributed by atoms with Gasteiger partial charge in [0.2, 0.25) is 5.88 Å². The number of carboxylic acids is 1. The first kappa shape index (κ1) is 17.2. The zero-order chi connectivity index (χ0) is 16.8. The standard InChI is InChI=1S/C17H24N2O4/c1-12(2)11-19(9-7-16(20)21)17(22)13-6-8-18-15(10-13)23-14-4-3-5-14/h6,8,10,12,14H,3-5,7,9,11H2,1-2H3,(H,20,21). The van der Waals surface area contributed by atoms with Gasteiger partial charge < -0.3 is 14.7 Å². The van der Waals surface area contributed by atoms with Gasteiger partial charge in [-0.05, 0) is 31.2 Å². The van der Waals surface area contributed by atoms with E-state index in [-0.39, 0.29) is 30.9 Å². The number of rotatable bonds is 8. The molecule has 1 amide bonds. The van der Waals surface area contributed by atoms with E-state index in [2.05, 4.69) is 4.98 Å². The Morgan fingerprint density at radius 3 is 2.74 bits per heavy atom. The van der Waals surface area contributed by atoms with Gasteiger partial charge in [-0.25, -0.2) is 4.98 Å². The van der Waals surface area contributed by atoms with Gasteiger partial charge in [-0.15, -0.1) is 0 Å². The molecule has 1 aliphatic carbocycles. The molecule has 1 heterocycles. The van der Waals surface area contributed by atoms with E-state index in [1.807, 2.05) is 13.8 Å². The Kier molecular flexibility index (Phi) is 5.96. The van der Waals surface area contributed by atoms with Crippen molar-refractivity contribution in [2.45, 2.75) is 45.6 Å². The van der Waals surface area contributed by atoms with E-state index < -0.39 is 5.97 Å². The first-order chi connectivity index (χ1) is 11.0. The molecular weight excluding hydrogens is 296 g/mol. The smallest absolute Gasteiger partial charge is 0.305 e. The summed E-state index contributed by atoms with van der Waals surface area (Å²) in [5.74, 6) is -0.361. The minimum atomic E-state index is -0.907. The first-order valence-electron chi connectivity index (χ1n) is 8.09. The van der Waals surface area contributed by atoms with E-state index >= 15 is 0 Å². The van der Waals surface area contributed by atoms with Crippen LogP contribution in [-0.4, -0.2) is 46.1 Å². The number of amides is 1. The molecule has 1 aromatic rings. The predicted molar refractivity (Wildman–Crippen MR) is 85.5 cm³/mol. The van der Waals surface area contributed by atoms with Gasteiger partial charge >= 0.3 is 5.97 Å². The lowest BCUT2D eigenvalue weighted by atomic mass is 9.96. The van der Waals surface area contributed by atoms with Crippen LogP contribution in [0.2, 0.25) is 0 Å². The van der Waals surface area contributed by atoms with Gasteiger partial charge in [0.1, 0.15) is 6.10 Å². The molecule has 1 aliphatic rings. The van der Waals surface area contributed by atoms with Crippen LogP contribution in [0.1, 0.15) is 49.9 Å². The van der Waals surface area contributed by atoms with Crippen LogP contribution in [0.4, 0.5) is 0 Å². The summed E-state index contributed by atoms with van der Waals surface area (Å²) in [5.41, 5.74) is 0.486. The highest BCUT2D eigenvalue weighted by atomic mass is 16.5. The van der Waals surface area contributed by atoms with Crippen molar-refractivity contribution in [2.24, 2.45) is 5.92 Å². The van der Waals surface area contributed by atoms with Crippen LogP contribution < -0.4 is 4.74 Å². The number of ether oxygens (including phenoxy) is 1. The molecule has 0 bridgehead atoms. The van der Waals surface area contributed by atoms with E-state index in [1.54, 1.807) is 23.2 Å². The van der Waals surface area contributed by atoms with E-state index in [4.69, 9.17) is 9.84 Å². The summed E-state index contributed by atoms with van der Waals surface area (Å²) in [6.07, 6.45) is 4.92. The van der Waals surface area contributed by atoms with Gasteiger partial charge in [0.05, 0.1) is 6.42 Å². The Labute approximate surface area is 136 Å². The molecule has 1 N–H and O–H groups in total. The second-order valence-electron chi connectivity index (χ2n) is 6.34. The topological polar surface area (TPSA) is 79.7 Å². The number of carboxylic acid groups (broad SMARTS) is 1. The summed E-state index contributed by atoms with van der Waals surface area (Å²) >= 11 is 0. The van der Waals surface area contributed by atoms with E-state index in [0.717, 1.165) is 12.8 Å². The fraction of sp³-hybridized carbons (Fsp3) is 0.588. The number of hydrogen-bond acceptors (Lipinski definition) is 4. The molecule has 6 nitrogen and oxygen atoms in total. The summed E-state index contributed by atoms with van der Waals surface area (Å²) in [4.78, 5) is 29.2. The number of nitrogens with zero attached hydrogens (tertiary/aromatic N) is 2. The number of hydrogen-bond donors (Lipinski definition) is 1. The molecule has 0 aromatic carbocycles. The molecule has 0 unspecified atom stereocenters. The molecule has 1 aromatic heterocycles. The van der Waals surface area contributed by atoms with Gasteiger partial charge in [0.15, 0.2) is 0 Å². The van der Waals surface area contributed by atoms with Gasteiger partial charge in [0, 0.05) is 30.9 Å². The van der Waals surface area contributed by atoms with E-state index in [9.17, 15) is 9.59 Å². The third-order valence-corrected chi connectivity index (χ3v) is 3.79. The summed E-state index contributed by atoms with van der Waals surface area (Å²) in [6, 6.07) is 3.29. The maximum Gasteiger partial charge on any atom is 0.305 e. The number of aliphatic carboxylic acids is 1. The van der Waals surface area contributed by atoms with E-state index in [1.165, 1.54) is 6.42 Å². The maximum absolute atomic E-state index is 12.7. The van der Waals surface area contributed by atoms with Crippen molar-refractivity contribution in [3.63, 3.8) is 0 Å². The van der Waals surface area contributed by atoms with Crippen molar-refractivity contribution >= 4 is 11.9 Å². The van der Waals surface area contributed by atoms with Crippen LogP contribution in [0, 0.1) is 5.92 Å². The highest BCUT2D eigenvalue weighted by Crippen LogP contribution is 2.24. The van der Waals surface area contributed by atoms with Gasteiger partial charge in [-0.1, -0.05) is 13.8 Å². The summed E-state index contributed by atoms with van der Waals surface area (Å²) in [7, 11) is 0. The molecular formula is C17H24N2O4. The van der Waals surface area contributed by atoms with Crippen LogP contribution in [0.3, 0.4) is 0 Å². The van der Waals surface area contributed by atoms with Crippen LogP contribution >= 0.6 is 0 Å². The normalized spacial score (nSPS) is 14.4. The summed E-state index contributed by atoms with van der Waals surface area (Å²) in [5, 5.41) is 8.86. The lowest BCUT2D eigenvalue weighted by molar-refractivity contribution is -0.137. The molecule has 1 fully saturated rings. The molecule has 0 radical (unpaired) electrons. The Hall–Kier alpha value is -2.11. The van der Waals surface area contributed by atoms with Crippen molar-refractivity contribution in [3.8, 4) is 5.88 Å². The summed E-state index contributed by atoms with van der Waals surface area (Å²) in [6.45, 7) is 4.72. The first-order valence-corrected chi connectivity index (χ1v) is 8.09. The van der Waals surface area contributed by atoms with Crippen molar-refractivity contribution in [1.29, 1.82) is 0 Å². The molecule has 0 atom stereocenters. The van der Waals surface area contributed by atoms with Crippen LogP contribution in [0.5, 0.6) is 5.88 Å². The second kappa shape index (κ2) is 7.94. The Morgan fingerprint density at radius 2 is 2.17 bits per heavy atom. The fourth-order valence-corrected chi connectivity index (χ4v) is 2.40. The largest absolute Gasteiger partial charge is 0.481 e. The molecule has 0 aliphatic heterocycles. The molecule has 1 saturated carbocycles. The summed E-state index contributed by atoms with van der Waals surface area (Å²) < 4.78 is 5.72. The van der Waals surface area contributed by atoms with Gasteiger partial charge in [0.25, 0.3) is 5.91 Å². The van der Waals surface area contributed by atoms with E-state index in [0.29, 0.717) is 18.0 Å². The quantitative estimate of drug-likeness (QED) is 0.796. The second-order valence-corrected chi connectivity index (χ2v) is 6.34. The average molecular weight is 320 g/mol. The molecule has 6 heteroatoms. The zero-order valence-electron chi connectivity index (χ0n) is 13.7. The maximum atomic E-state index is 12.7. The highest BCUT2D eigenvalue weighted by Gasteiger charge is 2.22. The predicted octanol–water partition coefficient (Wildman–Crippen LogP) is 2.59. The van der Waals surface area contributed by atoms with Gasteiger partial charge in [-0.3, -0.25) is 9.59 Å². The zero-order valence-corrected chi connectivity index (χ0v) is 13.7. The van der Waals surface area contributed by atoms with Gasteiger partial charge in [-0.2, -0.15) is 0 Å². The minimum Gasteiger partial charge on any atom is -0.481 e. The third-order valence-electron chi connectivity index (χ3n) is 3.79. The molecule has 0 saturated heterocycles. The monoisotopic (exact) mass is 320 g/mol. The van der Waals surface area contributed by atoms with Crippen molar-refractivity contribution < 1.29 is 19.4 Å². The SMILES string of the molecule is CC(C)CN(CCC(=O)O)C(=O)c1ccnc(OC2CCC2)c1. The molecule has 23 heavy (non-hydrogen) atoms. The van der Waals surface area contributed by atoms with Crippen molar-refractivity contribution in [1.82, 2.24) is 9.88 Å². The Bertz CT molecular complexity index is 555. The Morgan fingerprint density at radius 1 is 1.43 bits per heavy atom. The molecule has 2 rings (SSSR count). The fourth-order valence-electron chi connectivity index (χ4n) is 2.40. The van der Waals surface area contributed by atoms with Crippen LogP contribution in [-0.2, 0) is 4.79 Å². The lowest BCUT2D eigenvalue weighted by Gasteiger charge is -2.26. The number of carbonyl (C=O) groups excluding carboxylic acids is 1. The molecule has 126 valence electrons. The Balaban J connectivity index is 2.07. The van der Waals surface area contributed by atoms with Crippen molar-refractivity contribution in [2.75, 3.05) is 13.1 Å². The lowest BCUT2D eigenvalue weighted by Crippen LogP contribution is -2.36. The van der Waals surface area contributed by atoms with Crippen molar-refractivity contribution in [3.05, 3.63) is 23.9 Å². The van der Waals surface area contributed by atoms with Crippen LogP contribution in [0.25, 0.3) is 0 Å². The number of aromatic nitrogens is 1. The third kappa shape index (κ3) is 5.23. The number of carbonyl (C=O) groups is 2. The van der Waals surface area contributed by atoms with Crippen LogP contribution in [0.15, 0.2) is 18.3 Å². The molecule has 0 spiro atoms. The average Bonchev–Trinajstić information content (AvgIpc) is 2.46. The number of pyridine rings is 1.